The van der Waals surface area contributed by atoms with E-state index >= 15 is 0 Å². The van der Waals surface area contributed by atoms with Gasteiger partial charge in [-0.1, -0.05) is 13.8 Å². The highest BCUT2D eigenvalue weighted by molar-refractivity contribution is 5.72. The average molecular weight is 204 g/mol. The van der Waals surface area contributed by atoms with E-state index in [0.717, 1.165) is 0 Å². The number of aliphatic hydroxyl groups excluding tert-OH is 1. The fourth-order valence-electron chi connectivity index (χ4n) is 1.60. The number of methoxy groups -OCH3 is 1. The first-order chi connectivity index (χ1) is 6.12. The van der Waals surface area contributed by atoms with Gasteiger partial charge in [-0.2, -0.15) is 0 Å². The van der Waals surface area contributed by atoms with Gasteiger partial charge in [0.2, 0.25) is 0 Å². The summed E-state index contributed by atoms with van der Waals surface area (Å²) >= 11 is 0. The Labute approximate surface area is 84.9 Å². The van der Waals surface area contributed by atoms with Gasteiger partial charge in [0.1, 0.15) is 0 Å². The number of carboxylic acids is 1. The van der Waals surface area contributed by atoms with Gasteiger partial charge in [-0.15, -0.1) is 0 Å². The Morgan fingerprint density at radius 3 is 2.07 bits per heavy atom. The molecule has 0 radical (unpaired) electrons. The highest BCUT2D eigenvalue weighted by Gasteiger charge is 2.38. The van der Waals surface area contributed by atoms with Crippen molar-refractivity contribution in [3.63, 3.8) is 0 Å². The maximum atomic E-state index is 10.6. The van der Waals surface area contributed by atoms with Gasteiger partial charge in [0.15, 0.2) is 6.10 Å². The smallest absolute Gasteiger partial charge is 0.333 e. The summed E-state index contributed by atoms with van der Waals surface area (Å²) in [6.45, 7) is 7.16. The quantitative estimate of drug-likeness (QED) is 0.707. The Morgan fingerprint density at radius 1 is 1.36 bits per heavy atom. The summed E-state index contributed by atoms with van der Waals surface area (Å²) in [6, 6.07) is 0. The fraction of sp³-hybridized carbons (Fsp3) is 0.900. The number of carbonyl (C=O) groups is 1. The van der Waals surface area contributed by atoms with Crippen molar-refractivity contribution < 1.29 is 19.7 Å². The van der Waals surface area contributed by atoms with E-state index in [2.05, 4.69) is 0 Å². The molecule has 14 heavy (non-hydrogen) atoms. The predicted octanol–water partition coefficient (Wildman–Crippen LogP) is 1.27. The molecule has 0 heterocycles. The van der Waals surface area contributed by atoms with E-state index in [9.17, 15) is 9.90 Å². The molecule has 0 rings (SSSR count). The third-order valence-corrected chi connectivity index (χ3v) is 2.41. The number of carboxylic acid groups (broad SMARTS) is 1. The maximum absolute atomic E-state index is 10.6. The van der Waals surface area contributed by atoms with Crippen LogP contribution in [0.4, 0.5) is 0 Å². The van der Waals surface area contributed by atoms with Crippen molar-refractivity contribution in [1.29, 1.82) is 0 Å². The summed E-state index contributed by atoms with van der Waals surface area (Å²) in [6.07, 6.45) is -0.888. The van der Waals surface area contributed by atoms with E-state index in [4.69, 9.17) is 9.84 Å². The Balaban J connectivity index is 4.56. The third kappa shape index (κ3) is 3.64. The first-order valence-corrected chi connectivity index (χ1v) is 4.58. The maximum Gasteiger partial charge on any atom is 0.333 e. The summed E-state index contributed by atoms with van der Waals surface area (Å²) in [5.41, 5.74) is -1.13. The molecule has 0 amide bonds. The molecular weight excluding hydrogens is 184 g/mol. The standard InChI is InChI=1S/C10H20O4/c1-9(2,7(11)8(12)13)6-10(3,4)14-5/h7,11H,6H2,1-5H3,(H,12,13). The van der Waals surface area contributed by atoms with Gasteiger partial charge >= 0.3 is 5.97 Å². The van der Waals surface area contributed by atoms with Crippen molar-refractivity contribution >= 4 is 5.97 Å². The number of aliphatic hydroxyl groups is 1. The monoisotopic (exact) mass is 204 g/mol. The third-order valence-electron chi connectivity index (χ3n) is 2.41. The van der Waals surface area contributed by atoms with Gasteiger partial charge in [0.05, 0.1) is 5.60 Å². The van der Waals surface area contributed by atoms with Crippen molar-refractivity contribution in [3.8, 4) is 0 Å². The fourth-order valence-corrected chi connectivity index (χ4v) is 1.60. The van der Waals surface area contributed by atoms with Crippen LogP contribution >= 0.6 is 0 Å². The van der Waals surface area contributed by atoms with Gasteiger partial charge in [-0.3, -0.25) is 0 Å². The Morgan fingerprint density at radius 2 is 1.79 bits per heavy atom. The molecule has 4 nitrogen and oxygen atoms in total. The van der Waals surface area contributed by atoms with Gasteiger partial charge in [0, 0.05) is 12.5 Å². The first-order valence-electron chi connectivity index (χ1n) is 4.58. The molecule has 0 aliphatic carbocycles. The minimum atomic E-state index is -1.36. The average Bonchev–Trinajstić information content (AvgIpc) is 2.01. The normalized spacial score (nSPS) is 15.3. The molecular formula is C10H20O4. The van der Waals surface area contributed by atoms with Crippen molar-refractivity contribution in [2.75, 3.05) is 7.11 Å². The molecule has 0 spiro atoms. The lowest BCUT2D eigenvalue weighted by atomic mass is 9.77. The summed E-state index contributed by atoms with van der Waals surface area (Å²) in [7, 11) is 1.57. The van der Waals surface area contributed by atoms with E-state index in [1.165, 1.54) is 0 Å². The van der Waals surface area contributed by atoms with Gasteiger partial charge in [0.25, 0.3) is 0 Å². The summed E-state index contributed by atoms with van der Waals surface area (Å²) in [5.74, 6) is -1.19. The van der Waals surface area contributed by atoms with Crippen LogP contribution in [0.2, 0.25) is 0 Å². The minimum Gasteiger partial charge on any atom is -0.479 e. The topological polar surface area (TPSA) is 66.8 Å². The lowest BCUT2D eigenvalue weighted by molar-refractivity contribution is -0.156. The van der Waals surface area contributed by atoms with Crippen LogP contribution in [0.25, 0.3) is 0 Å². The van der Waals surface area contributed by atoms with E-state index in [-0.39, 0.29) is 0 Å². The predicted molar refractivity (Wildman–Crippen MR) is 53.1 cm³/mol. The van der Waals surface area contributed by atoms with Crippen molar-refractivity contribution in [2.24, 2.45) is 5.41 Å². The molecule has 0 aromatic heterocycles. The zero-order valence-corrected chi connectivity index (χ0v) is 9.50. The van der Waals surface area contributed by atoms with Crippen LogP contribution in [0, 0.1) is 5.41 Å². The molecule has 84 valence electrons. The summed E-state index contributed by atoms with van der Waals surface area (Å²) in [5, 5.41) is 18.2. The zero-order chi connectivity index (χ0) is 11.6. The Hall–Kier alpha value is -0.610. The Kier molecular flexibility index (Phi) is 4.09. The Bertz CT molecular complexity index is 208. The first kappa shape index (κ1) is 13.4. The van der Waals surface area contributed by atoms with Crippen LogP contribution in [-0.4, -0.2) is 35.0 Å². The molecule has 0 fully saturated rings. The van der Waals surface area contributed by atoms with Crippen LogP contribution in [-0.2, 0) is 9.53 Å². The van der Waals surface area contributed by atoms with Gasteiger partial charge in [-0.25, -0.2) is 4.79 Å². The number of hydrogen-bond donors (Lipinski definition) is 2. The van der Waals surface area contributed by atoms with Crippen LogP contribution < -0.4 is 0 Å². The molecule has 2 N–H and O–H groups in total. The lowest BCUT2D eigenvalue weighted by Gasteiger charge is -2.35. The molecule has 0 bridgehead atoms. The summed E-state index contributed by atoms with van der Waals surface area (Å²) < 4.78 is 5.20. The molecule has 0 saturated heterocycles. The zero-order valence-electron chi connectivity index (χ0n) is 9.50. The molecule has 4 heteroatoms. The van der Waals surface area contributed by atoms with Crippen LogP contribution in [0.15, 0.2) is 0 Å². The van der Waals surface area contributed by atoms with Crippen LogP contribution in [0.1, 0.15) is 34.1 Å². The second kappa shape index (κ2) is 4.28. The highest BCUT2D eigenvalue weighted by atomic mass is 16.5. The molecule has 0 aliphatic heterocycles. The lowest BCUT2D eigenvalue weighted by Crippen LogP contribution is -2.42. The molecule has 0 aromatic carbocycles. The number of ether oxygens (including phenoxy) is 1. The highest BCUT2D eigenvalue weighted by Crippen LogP contribution is 2.33. The van der Waals surface area contributed by atoms with E-state index < -0.39 is 23.1 Å². The van der Waals surface area contributed by atoms with Crippen molar-refractivity contribution in [2.45, 2.75) is 45.8 Å². The SMILES string of the molecule is COC(C)(C)CC(C)(C)C(O)C(=O)O. The van der Waals surface area contributed by atoms with E-state index in [1.807, 2.05) is 13.8 Å². The number of hydrogen-bond acceptors (Lipinski definition) is 3. The number of rotatable bonds is 5. The largest absolute Gasteiger partial charge is 0.479 e. The molecule has 0 saturated carbocycles. The molecule has 0 aromatic rings. The van der Waals surface area contributed by atoms with E-state index in [1.54, 1.807) is 21.0 Å². The van der Waals surface area contributed by atoms with Crippen LogP contribution in [0.3, 0.4) is 0 Å². The van der Waals surface area contributed by atoms with E-state index in [0.29, 0.717) is 6.42 Å². The number of aliphatic carboxylic acids is 1. The van der Waals surface area contributed by atoms with Crippen molar-refractivity contribution in [3.05, 3.63) is 0 Å². The summed E-state index contributed by atoms with van der Waals surface area (Å²) in [4.78, 5) is 10.6. The second-order valence-electron chi connectivity index (χ2n) is 4.87. The van der Waals surface area contributed by atoms with Gasteiger partial charge in [-0.05, 0) is 20.3 Å². The molecule has 0 aliphatic rings. The molecule has 1 atom stereocenters. The second-order valence-corrected chi connectivity index (χ2v) is 4.87. The molecule has 1 unspecified atom stereocenters. The van der Waals surface area contributed by atoms with Crippen LogP contribution in [0.5, 0.6) is 0 Å². The van der Waals surface area contributed by atoms with Crippen molar-refractivity contribution in [1.82, 2.24) is 0 Å². The minimum absolute atomic E-state index is 0.431. The van der Waals surface area contributed by atoms with Gasteiger partial charge < -0.3 is 14.9 Å².